The molecule has 1 aromatic heterocycles. The van der Waals surface area contributed by atoms with Crippen LogP contribution in [0.15, 0.2) is 60.8 Å². The molecule has 0 bridgehead atoms. The van der Waals surface area contributed by atoms with Crippen LogP contribution in [0.4, 0.5) is 4.79 Å². The third-order valence-corrected chi connectivity index (χ3v) is 3.62. The summed E-state index contributed by atoms with van der Waals surface area (Å²) in [6.07, 6.45) is 2.34. The second-order valence-corrected chi connectivity index (χ2v) is 6.68. The van der Waals surface area contributed by atoms with Gasteiger partial charge < -0.3 is 4.74 Å². The van der Waals surface area contributed by atoms with Gasteiger partial charge in [0.05, 0.1) is 5.52 Å². The summed E-state index contributed by atoms with van der Waals surface area (Å²) in [6.45, 7) is 5.63. The van der Waals surface area contributed by atoms with Crippen LogP contribution in [0.25, 0.3) is 10.9 Å². The van der Waals surface area contributed by atoms with E-state index < -0.39 is 5.60 Å². The first-order chi connectivity index (χ1) is 10.9. The summed E-state index contributed by atoms with van der Waals surface area (Å²) >= 11 is 0. The molecule has 3 aromatic rings. The number of nitrogens with zero attached hydrogens (tertiary/aromatic N) is 1. The lowest BCUT2D eigenvalue weighted by atomic mass is 10.0. The highest BCUT2D eigenvalue weighted by Crippen LogP contribution is 2.25. The predicted octanol–water partition coefficient (Wildman–Crippen LogP) is 5.02. The summed E-state index contributed by atoms with van der Waals surface area (Å²) in [5.41, 5.74) is 2.71. The van der Waals surface area contributed by atoms with Crippen molar-refractivity contribution >= 4 is 17.0 Å². The molecular weight excluding hydrogens is 286 g/mol. The van der Waals surface area contributed by atoms with Gasteiger partial charge >= 0.3 is 6.09 Å². The van der Waals surface area contributed by atoms with Crippen molar-refractivity contribution in [2.45, 2.75) is 32.8 Å². The van der Waals surface area contributed by atoms with Crippen LogP contribution in [0.1, 0.15) is 31.9 Å². The van der Waals surface area contributed by atoms with Gasteiger partial charge in [-0.15, -0.1) is 0 Å². The van der Waals surface area contributed by atoms with Gasteiger partial charge in [0.2, 0.25) is 0 Å². The minimum atomic E-state index is -0.512. The van der Waals surface area contributed by atoms with E-state index in [9.17, 15) is 4.79 Å². The van der Waals surface area contributed by atoms with Crippen molar-refractivity contribution in [1.82, 2.24) is 4.57 Å². The van der Waals surface area contributed by atoms with Crippen LogP contribution < -0.4 is 0 Å². The number of carbonyl (C=O) groups excluding carboxylic acids is 1. The molecule has 23 heavy (non-hydrogen) atoms. The Balaban J connectivity index is 2.02. The monoisotopic (exact) mass is 307 g/mol. The molecule has 118 valence electrons. The topological polar surface area (TPSA) is 31.2 Å². The highest BCUT2D eigenvalue weighted by Gasteiger charge is 2.20. The molecule has 3 rings (SSSR count). The zero-order valence-electron chi connectivity index (χ0n) is 13.7. The number of aromatic nitrogens is 1. The lowest BCUT2D eigenvalue weighted by molar-refractivity contribution is 0.0544. The van der Waals surface area contributed by atoms with Crippen molar-refractivity contribution in [2.75, 3.05) is 0 Å². The average molecular weight is 307 g/mol. The normalized spacial score (nSPS) is 11.6. The zero-order valence-corrected chi connectivity index (χ0v) is 13.7. The number of para-hydroxylation sites is 1. The first-order valence-corrected chi connectivity index (χ1v) is 7.80. The minimum Gasteiger partial charge on any atom is -0.443 e. The molecule has 0 fully saturated rings. The standard InChI is InChI=1S/C20H21NO2/c1-20(2,3)23-19(22)21-14-16(13-15-9-5-4-6-10-15)17-11-7-8-12-18(17)21/h4-12,14H,13H2,1-3H3. The SMILES string of the molecule is CC(C)(C)OC(=O)n1cc(Cc2ccccc2)c2ccccc21. The van der Waals surface area contributed by atoms with Gasteiger partial charge in [-0.25, -0.2) is 4.79 Å². The van der Waals surface area contributed by atoms with Crippen LogP contribution in [0.3, 0.4) is 0 Å². The Labute approximate surface area is 136 Å². The van der Waals surface area contributed by atoms with E-state index in [-0.39, 0.29) is 6.09 Å². The van der Waals surface area contributed by atoms with Crippen LogP contribution in [0.2, 0.25) is 0 Å². The molecule has 1 heterocycles. The molecule has 0 aliphatic carbocycles. The van der Waals surface area contributed by atoms with Crippen molar-refractivity contribution in [3.05, 3.63) is 71.9 Å². The summed E-state index contributed by atoms with van der Waals surface area (Å²) in [6, 6.07) is 18.2. The fourth-order valence-corrected chi connectivity index (χ4v) is 2.67. The maximum Gasteiger partial charge on any atom is 0.419 e. The Morgan fingerprint density at radius 2 is 1.65 bits per heavy atom. The highest BCUT2D eigenvalue weighted by molar-refractivity contribution is 5.92. The van der Waals surface area contributed by atoms with Gasteiger partial charge in [0, 0.05) is 11.6 Å². The van der Waals surface area contributed by atoms with Crippen molar-refractivity contribution < 1.29 is 9.53 Å². The summed E-state index contributed by atoms with van der Waals surface area (Å²) < 4.78 is 7.13. The molecule has 0 aliphatic rings. The average Bonchev–Trinajstić information content (AvgIpc) is 2.86. The van der Waals surface area contributed by atoms with Crippen LogP contribution in [0.5, 0.6) is 0 Å². The Hall–Kier alpha value is -2.55. The Morgan fingerprint density at radius 3 is 2.35 bits per heavy atom. The van der Waals surface area contributed by atoms with Crippen molar-refractivity contribution in [1.29, 1.82) is 0 Å². The smallest absolute Gasteiger partial charge is 0.419 e. The number of carbonyl (C=O) groups is 1. The number of benzene rings is 2. The molecule has 0 N–H and O–H groups in total. The van der Waals surface area contributed by atoms with E-state index in [1.165, 1.54) is 5.56 Å². The first kappa shape index (κ1) is 15.3. The minimum absolute atomic E-state index is 0.340. The van der Waals surface area contributed by atoms with Gasteiger partial charge in [-0.2, -0.15) is 0 Å². The van der Waals surface area contributed by atoms with Crippen molar-refractivity contribution in [3.8, 4) is 0 Å². The Kier molecular flexibility index (Phi) is 3.95. The van der Waals surface area contributed by atoms with E-state index >= 15 is 0 Å². The molecule has 0 spiro atoms. The van der Waals surface area contributed by atoms with E-state index in [0.717, 1.165) is 22.9 Å². The van der Waals surface area contributed by atoms with Crippen LogP contribution >= 0.6 is 0 Å². The molecule has 0 saturated carbocycles. The third-order valence-electron chi connectivity index (χ3n) is 3.62. The van der Waals surface area contributed by atoms with Gasteiger partial charge in [0.15, 0.2) is 0 Å². The summed E-state index contributed by atoms with van der Waals surface area (Å²) in [4.78, 5) is 12.5. The first-order valence-electron chi connectivity index (χ1n) is 7.80. The number of fused-ring (bicyclic) bond motifs is 1. The van der Waals surface area contributed by atoms with Crippen LogP contribution in [0, 0.1) is 0 Å². The van der Waals surface area contributed by atoms with Gasteiger partial charge in [-0.05, 0) is 44.4 Å². The molecular formula is C20H21NO2. The number of ether oxygens (including phenoxy) is 1. The van der Waals surface area contributed by atoms with E-state index in [1.54, 1.807) is 4.57 Å². The fourth-order valence-electron chi connectivity index (χ4n) is 2.67. The largest absolute Gasteiger partial charge is 0.443 e. The summed E-state index contributed by atoms with van der Waals surface area (Å²) in [7, 11) is 0. The number of hydrogen-bond donors (Lipinski definition) is 0. The number of rotatable bonds is 2. The third kappa shape index (κ3) is 3.45. The summed E-state index contributed by atoms with van der Waals surface area (Å²) in [5.74, 6) is 0. The molecule has 0 atom stereocenters. The molecule has 0 unspecified atom stereocenters. The highest BCUT2D eigenvalue weighted by atomic mass is 16.6. The molecule has 0 amide bonds. The Bertz CT molecular complexity index is 826. The van der Waals surface area contributed by atoms with Crippen molar-refractivity contribution in [3.63, 3.8) is 0 Å². The maximum atomic E-state index is 12.5. The van der Waals surface area contributed by atoms with E-state index in [1.807, 2.05) is 63.4 Å². The Morgan fingerprint density at radius 1 is 1.00 bits per heavy atom. The van der Waals surface area contributed by atoms with E-state index in [4.69, 9.17) is 4.74 Å². The van der Waals surface area contributed by atoms with E-state index in [2.05, 4.69) is 18.2 Å². The van der Waals surface area contributed by atoms with Crippen LogP contribution in [-0.2, 0) is 11.2 Å². The lowest BCUT2D eigenvalue weighted by Crippen LogP contribution is -2.26. The second-order valence-electron chi connectivity index (χ2n) is 6.68. The summed E-state index contributed by atoms with van der Waals surface area (Å²) in [5, 5.41) is 1.09. The predicted molar refractivity (Wildman–Crippen MR) is 92.8 cm³/mol. The lowest BCUT2D eigenvalue weighted by Gasteiger charge is -2.19. The molecule has 0 aliphatic heterocycles. The number of hydrogen-bond acceptors (Lipinski definition) is 2. The molecule has 3 heteroatoms. The zero-order chi connectivity index (χ0) is 16.4. The van der Waals surface area contributed by atoms with Gasteiger partial charge in [0.1, 0.15) is 5.60 Å². The second kappa shape index (κ2) is 5.92. The maximum absolute atomic E-state index is 12.5. The quantitative estimate of drug-likeness (QED) is 0.666. The molecule has 3 nitrogen and oxygen atoms in total. The fraction of sp³-hybridized carbons (Fsp3) is 0.250. The van der Waals surface area contributed by atoms with Gasteiger partial charge in [0.25, 0.3) is 0 Å². The molecule has 2 aromatic carbocycles. The molecule has 0 saturated heterocycles. The molecule has 0 radical (unpaired) electrons. The van der Waals surface area contributed by atoms with E-state index in [0.29, 0.717) is 0 Å². The van der Waals surface area contributed by atoms with Crippen molar-refractivity contribution in [2.24, 2.45) is 0 Å². The van der Waals surface area contributed by atoms with Crippen LogP contribution in [-0.4, -0.2) is 16.3 Å². The van der Waals surface area contributed by atoms with Gasteiger partial charge in [-0.1, -0.05) is 48.5 Å². The van der Waals surface area contributed by atoms with Gasteiger partial charge in [-0.3, -0.25) is 4.57 Å².